The Balaban J connectivity index is 2.02. The van der Waals surface area contributed by atoms with E-state index in [0.29, 0.717) is 17.1 Å². The molecule has 2 aromatic rings. The molecule has 0 aliphatic rings. The van der Waals surface area contributed by atoms with Crippen LogP contribution in [0.15, 0.2) is 72.8 Å². The minimum absolute atomic E-state index is 0.00555. The van der Waals surface area contributed by atoms with E-state index in [4.69, 9.17) is 23.4 Å². The highest BCUT2D eigenvalue weighted by atomic mass is 28.4. The van der Waals surface area contributed by atoms with Gasteiger partial charge in [0.25, 0.3) is 0 Å². The number of rotatable bonds is 19. The molecule has 2 aromatic carbocycles. The maximum Gasteiger partial charge on any atom is 0.333 e. The van der Waals surface area contributed by atoms with Gasteiger partial charge in [-0.15, -0.1) is 0 Å². The van der Waals surface area contributed by atoms with E-state index in [9.17, 15) is 14.7 Å². The first-order valence-electron chi connectivity index (χ1n) is 15.2. The third kappa shape index (κ3) is 10.9. The molecule has 0 amide bonds. The summed E-state index contributed by atoms with van der Waals surface area (Å²) in [4.78, 5) is 23.5. The Labute approximate surface area is 264 Å². The predicted molar refractivity (Wildman–Crippen MR) is 176 cm³/mol. The number of hydrogen-bond acceptors (Lipinski definition) is 8. The summed E-state index contributed by atoms with van der Waals surface area (Å²) in [6.45, 7) is 21.4. The largest absolute Gasteiger partial charge is 0.491 e. The van der Waals surface area contributed by atoms with E-state index in [0.717, 1.165) is 29.3 Å². The van der Waals surface area contributed by atoms with Gasteiger partial charge in [-0.3, -0.25) is 0 Å². The zero-order valence-corrected chi connectivity index (χ0v) is 28.4. The first kappa shape index (κ1) is 36.8. The average molecular weight is 627 g/mol. The van der Waals surface area contributed by atoms with Crippen LogP contribution in [0, 0.1) is 0 Å². The van der Waals surface area contributed by atoms with Crippen LogP contribution in [0.1, 0.15) is 59.6 Å². The Kier molecular flexibility index (Phi) is 14.4. The molecule has 0 saturated heterocycles. The van der Waals surface area contributed by atoms with Crippen LogP contribution < -0.4 is 9.47 Å². The van der Waals surface area contributed by atoms with Gasteiger partial charge in [-0.2, -0.15) is 0 Å². The number of hydrogen-bond donors (Lipinski definition) is 1. The molecular weight excluding hydrogens is 576 g/mol. The summed E-state index contributed by atoms with van der Waals surface area (Å²) in [6, 6.07) is 18.6. The third-order valence-corrected chi connectivity index (χ3v) is 12.6. The van der Waals surface area contributed by atoms with Crippen LogP contribution in [-0.2, 0) is 28.9 Å². The Hall–Kier alpha value is -3.40. The lowest BCUT2D eigenvalue weighted by molar-refractivity contribution is -0.143. The lowest BCUT2D eigenvalue weighted by atomic mass is 9.78. The summed E-state index contributed by atoms with van der Waals surface area (Å²) in [5.41, 5.74) is 2.52. The molecule has 0 aliphatic carbocycles. The Morgan fingerprint density at radius 3 is 1.55 bits per heavy atom. The van der Waals surface area contributed by atoms with Gasteiger partial charge >= 0.3 is 11.9 Å². The van der Waals surface area contributed by atoms with Gasteiger partial charge in [-0.05, 0) is 67.4 Å². The smallest absolute Gasteiger partial charge is 0.333 e. The maximum absolute atomic E-state index is 12.0. The molecule has 0 heterocycles. The quantitative estimate of drug-likeness (QED) is 0.104. The van der Waals surface area contributed by atoms with Crippen LogP contribution in [0.2, 0.25) is 18.1 Å². The summed E-state index contributed by atoms with van der Waals surface area (Å²) in [5.74, 6) is 0.335. The second-order valence-electron chi connectivity index (χ2n) is 11.7. The van der Waals surface area contributed by atoms with Crippen molar-refractivity contribution in [3.8, 4) is 11.5 Å². The summed E-state index contributed by atoms with van der Waals surface area (Å²) >= 11 is 0. The summed E-state index contributed by atoms with van der Waals surface area (Å²) in [6.07, 6.45) is -1.31. The molecule has 8 nitrogen and oxygen atoms in total. The zero-order valence-electron chi connectivity index (χ0n) is 27.4. The highest BCUT2D eigenvalue weighted by Crippen LogP contribution is 2.33. The molecule has 0 spiro atoms. The molecule has 44 heavy (non-hydrogen) atoms. The monoisotopic (exact) mass is 626 g/mol. The number of benzene rings is 2. The van der Waals surface area contributed by atoms with Gasteiger partial charge in [0.1, 0.15) is 50.1 Å². The van der Waals surface area contributed by atoms with Crippen molar-refractivity contribution in [2.75, 3.05) is 26.4 Å². The highest BCUT2D eigenvalue weighted by Gasteiger charge is 2.33. The fraction of sp³-hybridized carbons (Fsp3) is 0.486. The lowest BCUT2D eigenvalue weighted by Crippen LogP contribution is -2.44. The lowest BCUT2D eigenvalue weighted by Gasteiger charge is -2.33. The van der Waals surface area contributed by atoms with E-state index in [-0.39, 0.29) is 43.5 Å². The van der Waals surface area contributed by atoms with E-state index in [1.54, 1.807) is 13.8 Å². The molecule has 1 N–H and O–H groups in total. The van der Waals surface area contributed by atoms with Gasteiger partial charge in [0.2, 0.25) is 0 Å². The summed E-state index contributed by atoms with van der Waals surface area (Å²) < 4.78 is 28.8. The standard InChI is InChI=1S/C35H50O8Si/c1-10-44(11-2,12-3)43-32(24-42-34(38)26(6)7)23-40-31-19-15-28(16-20-31)35(8,9)27-13-17-30(18-14-27)39-21-29(36)22-41-33(37)25(4)5/h13-20,29,32,36H,4,6,10-12,21-24H2,1-3,5,7-9H3. The van der Waals surface area contributed by atoms with Gasteiger partial charge in [-0.25, -0.2) is 9.59 Å². The second kappa shape index (κ2) is 17.2. The molecular formula is C35H50O8Si. The minimum Gasteiger partial charge on any atom is -0.491 e. The van der Waals surface area contributed by atoms with Gasteiger partial charge in [0, 0.05) is 16.6 Å². The van der Waals surface area contributed by atoms with E-state index in [1.165, 1.54) is 0 Å². The van der Waals surface area contributed by atoms with E-state index in [1.807, 2.05) is 48.5 Å². The van der Waals surface area contributed by atoms with Crippen LogP contribution in [0.4, 0.5) is 0 Å². The number of aliphatic hydroxyl groups is 1. The Morgan fingerprint density at radius 1 is 0.727 bits per heavy atom. The zero-order chi connectivity index (χ0) is 32.9. The normalized spacial score (nSPS) is 13.0. The molecule has 9 heteroatoms. The van der Waals surface area contributed by atoms with Crippen LogP contribution in [-0.4, -0.2) is 64.0 Å². The molecule has 0 radical (unpaired) electrons. The van der Waals surface area contributed by atoms with Gasteiger partial charge in [0.05, 0.1) is 0 Å². The Bertz CT molecular complexity index is 1220. The fourth-order valence-electron chi connectivity index (χ4n) is 4.59. The Morgan fingerprint density at radius 2 is 1.14 bits per heavy atom. The van der Waals surface area contributed by atoms with E-state index >= 15 is 0 Å². The second-order valence-corrected chi connectivity index (χ2v) is 16.4. The van der Waals surface area contributed by atoms with Crippen molar-refractivity contribution in [1.29, 1.82) is 0 Å². The topological polar surface area (TPSA) is 101 Å². The summed E-state index contributed by atoms with van der Waals surface area (Å²) in [5, 5.41) is 10.0. The molecule has 0 aromatic heterocycles. The van der Waals surface area contributed by atoms with E-state index in [2.05, 4.69) is 47.8 Å². The minimum atomic E-state index is -1.95. The molecule has 0 fully saturated rings. The van der Waals surface area contributed by atoms with Crippen LogP contribution in [0.5, 0.6) is 11.5 Å². The number of esters is 2. The van der Waals surface area contributed by atoms with Crippen molar-refractivity contribution in [3.05, 3.63) is 84.0 Å². The third-order valence-electron chi connectivity index (χ3n) is 7.88. The molecule has 0 aliphatic heterocycles. The fourth-order valence-corrected chi connectivity index (χ4v) is 7.43. The van der Waals surface area contributed by atoms with Crippen molar-refractivity contribution in [2.24, 2.45) is 0 Å². The molecule has 2 rings (SSSR count). The first-order chi connectivity index (χ1) is 20.8. The SMILES string of the molecule is C=C(C)C(=O)OCC(O)COc1ccc(C(C)(C)c2ccc(OCC(COC(=O)C(=C)C)O[Si](CC)(CC)CC)cc2)cc1. The number of carbonyl (C=O) groups is 2. The molecule has 242 valence electrons. The van der Waals surface area contributed by atoms with Crippen molar-refractivity contribution < 1.29 is 38.1 Å². The van der Waals surface area contributed by atoms with Crippen molar-refractivity contribution in [1.82, 2.24) is 0 Å². The molecule has 2 atom stereocenters. The van der Waals surface area contributed by atoms with Crippen LogP contribution >= 0.6 is 0 Å². The van der Waals surface area contributed by atoms with Gasteiger partial charge in [0.15, 0.2) is 8.32 Å². The van der Waals surface area contributed by atoms with Crippen molar-refractivity contribution in [2.45, 2.75) is 84.2 Å². The van der Waals surface area contributed by atoms with Crippen molar-refractivity contribution in [3.63, 3.8) is 0 Å². The van der Waals surface area contributed by atoms with Crippen LogP contribution in [0.25, 0.3) is 0 Å². The predicted octanol–water partition coefficient (Wildman–Crippen LogP) is 6.76. The highest BCUT2D eigenvalue weighted by molar-refractivity contribution is 6.73. The van der Waals surface area contributed by atoms with Gasteiger partial charge in [-0.1, -0.05) is 72.0 Å². The number of carbonyl (C=O) groups excluding carboxylic acids is 2. The average Bonchev–Trinajstić information content (AvgIpc) is 3.02. The maximum atomic E-state index is 12.0. The molecule has 0 saturated carbocycles. The molecule has 2 unspecified atom stereocenters. The van der Waals surface area contributed by atoms with Crippen molar-refractivity contribution >= 4 is 20.3 Å². The number of aliphatic hydroxyl groups excluding tert-OH is 1. The number of ether oxygens (including phenoxy) is 4. The van der Waals surface area contributed by atoms with Gasteiger partial charge < -0.3 is 28.5 Å². The van der Waals surface area contributed by atoms with E-state index < -0.39 is 26.4 Å². The first-order valence-corrected chi connectivity index (χ1v) is 17.8. The van der Waals surface area contributed by atoms with Crippen LogP contribution in [0.3, 0.4) is 0 Å². The molecule has 0 bridgehead atoms. The summed E-state index contributed by atoms with van der Waals surface area (Å²) in [7, 11) is -1.95.